The molecule has 21 heavy (non-hydrogen) atoms. The summed E-state index contributed by atoms with van der Waals surface area (Å²) >= 11 is 0. The third-order valence-electron chi connectivity index (χ3n) is 3.12. The number of likely N-dealkylation sites (N-methyl/N-ethyl adjacent to an activating group) is 1. The number of carbonyl (C=O) groups excluding carboxylic acids is 3. The van der Waals surface area contributed by atoms with E-state index in [9.17, 15) is 27.6 Å². The highest BCUT2D eigenvalue weighted by atomic mass is 19.4. The third kappa shape index (κ3) is 4.06. The quantitative estimate of drug-likeness (QED) is 0.604. The minimum Gasteiger partial charge on any atom is -0.357 e. The summed E-state index contributed by atoms with van der Waals surface area (Å²) in [6.07, 6.45) is -5.11. The van der Waals surface area contributed by atoms with Crippen LogP contribution < -0.4 is 16.4 Å². The summed E-state index contributed by atoms with van der Waals surface area (Å²) in [5.74, 6) is -3.18. The average Bonchev–Trinajstić information content (AvgIpc) is 2.79. The Labute approximate surface area is 119 Å². The van der Waals surface area contributed by atoms with Crippen molar-refractivity contribution in [3.05, 3.63) is 0 Å². The van der Waals surface area contributed by atoms with E-state index in [0.29, 0.717) is 0 Å². The summed E-state index contributed by atoms with van der Waals surface area (Å²) in [7, 11) is 1.35. The molecule has 1 aliphatic rings. The van der Waals surface area contributed by atoms with Gasteiger partial charge in [-0.3, -0.25) is 14.4 Å². The van der Waals surface area contributed by atoms with Gasteiger partial charge in [0.25, 0.3) is 0 Å². The van der Waals surface area contributed by atoms with Crippen molar-refractivity contribution in [2.75, 3.05) is 13.6 Å². The van der Waals surface area contributed by atoms with Crippen molar-refractivity contribution in [1.82, 2.24) is 15.5 Å². The zero-order valence-electron chi connectivity index (χ0n) is 11.5. The molecule has 0 bridgehead atoms. The second kappa shape index (κ2) is 6.29. The van der Waals surface area contributed by atoms with Gasteiger partial charge in [0, 0.05) is 19.6 Å². The highest BCUT2D eigenvalue weighted by molar-refractivity contribution is 5.90. The van der Waals surface area contributed by atoms with E-state index in [0.717, 1.165) is 4.90 Å². The molecule has 3 atom stereocenters. The molecule has 0 aromatic heterocycles. The predicted octanol–water partition coefficient (Wildman–Crippen LogP) is -1.27. The fourth-order valence-electron chi connectivity index (χ4n) is 2.13. The number of likely N-dealkylation sites (tertiary alicyclic amines) is 1. The monoisotopic (exact) mass is 310 g/mol. The summed E-state index contributed by atoms with van der Waals surface area (Å²) in [5, 5.41) is 4.10. The number of rotatable bonds is 3. The number of hydrogen-bond donors (Lipinski definition) is 3. The second-order valence-electron chi connectivity index (χ2n) is 4.81. The summed E-state index contributed by atoms with van der Waals surface area (Å²) in [6, 6.07) is -2.80. The SMILES string of the molecule is CNC(=O)C1CC(NC(=O)C(F)(F)F)CN1C(=O)C(C)N. The number of nitrogens with one attached hydrogen (secondary N) is 2. The maximum atomic E-state index is 12.2. The lowest BCUT2D eigenvalue weighted by atomic mass is 10.1. The molecule has 10 heteroatoms. The van der Waals surface area contributed by atoms with E-state index in [2.05, 4.69) is 5.32 Å². The smallest absolute Gasteiger partial charge is 0.357 e. The Morgan fingerprint density at radius 1 is 1.33 bits per heavy atom. The van der Waals surface area contributed by atoms with Crippen molar-refractivity contribution >= 4 is 17.7 Å². The maximum absolute atomic E-state index is 12.2. The molecule has 0 saturated carbocycles. The Hall–Kier alpha value is -1.84. The van der Waals surface area contributed by atoms with Crippen molar-refractivity contribution in [2.24, 2.45) is 5.73 Å². The molecule has 0 spiro atoms. The number of halogens is 3. The Morgan fingerprint density at radius 3 is 2.33 bits per heavy atom. The molecule has 1 heterocycles. The van der Waals surface area contributed by atoms with Crippen LogP contribution in [-0.4, -0.2) is 60.5 Å². The molecule has 1 aliphatic heterocycles. The van der Waals surface area contributed by atoms with Crippen molar-refractivity contribution in [3.63, 3.8) is 0 Å². The highest BCUT2D eigenvalue weighted by Gasteiger charge is 2.44. The molecular weight excluding hydrogens is 293 g/mol. The minimum absolute atomic E-state index is 0.0973. The van der Waals surface area contributed by atoms with E-state index < -0.39 is 42.0 Å². The van der Waals surface area contributed by atoms with Crippen LogP contribution in [0.2, 0.25) is 0 Å². The summed E-state index contributed by atoms with van der Waals surface area (Å²) < 4.78 is 36.6. The van der Waals surface area contributed by atoms with Gasteiger partial charge in [-0.05, 0) is 13.3 Å². The maximum Gasteiger partial charge on any atom is 0.471 e. The Morgan fingerprint density at radius 2 is 1.90 bits per heavy atom. The number of carbonyl (C=O) groups is 3. The standard InChI is InChI=1S/C11H17F3N4O3/c1-5(15)9(20)18-4-6(3-7(18)8(19)16-2)17-10(21)11(12,13)14/h5-7H,3-4,15H2,1-2H3,(H,16,19)(H,17,21). The fraction of sp³-hybridized carbons (Fsp3) is 0.727. The summed E-state index contributed by atoms with van der Waals surface area (Å²) in [5.41, 5.74) is 5.45. The van der Waals surface area contributed by atoms with Gasteiger partial charge in [0.1, 0.15) is 6.04 Å². The molecule has 3 unspecified atom stereocenters. The molecular formula is C11H17F3N4O3. The van der Waals surface area contributed by atoms with Gasteiger partial charge in [0.05, 0.1) is 6.04 Å². The van der Waals surface area contributed by atoms with Gasteiger partial charge < -0.3 is 21.3 Å². The van der Waals surface area contributed by atoms with Crippen LogP contribution in [0.5, 0.6) is 0 Å². The topological polar surface area (TPSA) is 105 Å². The highest BCUT2D eigenvalue weighted by Crippen LogP contribution is 2.21. The van der Waals surface area contributed by atoms with E-state index in [-0.39, 0.29) is 13.0 Å². The van der Waals surface area contributed by atoms with E-state index in [1.807, 2.05) is 0 Å². The molecule has 120 valence electrons. The first-order valence-electron chi connectivity index (χ1n) is 6.23. The molecule has 0 radical (unpaired) electrons. The van der Waals surface area contributed by atoms with Crippen LogP contribution in [0.25, 0.3) is 0 Å². The van der Waals surface area contributed by atoms with Crippen LogP contribution in [0.4, 0.5) is 13.2 Å². The predicted molar refractivity (Wildman–Crippen MR) is 65.8 cm³/mol. The molecule has 1 fully saturated rings. The van der Waals surface area contributed by atoms with Crippen LogP contribution in [0.15, 0.2) is 0 Å². The Balaban J connectivity index is 2.83. The molecule has 3 amide bonds. The van der Waals surface area contributed by atoms with Crippen LogP contribution in [0.3, 0.4) is 0 Å². The van der Waals surface area contributed by atoms with Crippen LogP contribution in [0, 0.1) is 0 Å². The zero-order valence-corrected chi connectivity index (χ0v) is 11.5. The lowest BCUT2D eigenvalue weighted by Gasteiger charge is -2.24. The number of amides is 3. The van der Waals surface area contributed by atoms with Gasteiger partial charge >= 0.3 is 12.1 Å². The van der Waals surface area contributed by atoms with E-state index in [1.54, 1.807) is 5.32 Å². The normalized spacial score (nSPS) is 23.6. The van der Waals surface area contributed by atoms with Gasteiger partial charge in [-0.2, -0.15) is 13.2 Å². The van der Waals surface area contributed by atoms with Crippen LogP contribution in [0.1, 0.15) is 13.3 Å². The lowest BCUT2D eigenvalue weighted by Crippen LogP contribution is -2.50. The Bertz CT molecular complexity index is 439. The molecule has 0 aliphatic carbocycles. The summed E-state index contributed by atoms with van der Waals surface area (Å²) in [6.45, 7) is 1.21. The van der Waals surface area contributed by atoms with Gasteiger partial charge in [-0.1, -0.05) is 0 Å². The lowest BCUT2D eigenvalue weighted by molar-refractivity contribution is -0.174. The first-order valence-corrected chi connectivity index (χ1v) is 6.23. The third-order valence-corrected chi connectivity index (χ3v) is 3.12. The fourth-order valence-corrected chi connectivity index (χ4v) is 2.13. The zero-order chi connectivity index (χ0) is 16.4. The number of hydrogen-bond acceptors (Lipinski definition) is 4. The van der Waals surface area contributed by atoms with Gasteiger partial charge in [0.15, 0.2) is 0 Å². The van der Waals surface area contributed by atoms with Crippen molar-refractivity contribution in [1.29, 1.82) is 0 Å². The van der Waals surface area contributed by atoms with Crippen LogP contribution in [-0.2, 0) is 14.4 Å². The van der Waals surface area contributed by atoms with Gasteiger partial charge in [-0.25, -0.2) is 0 Å². The Kier molecular flexibility index (Phi) is 5.15. The second-order valence-corrected chi connectivity index (χ2v) is 4.81. The van der Waals surface area contributed by atoms with Crippen LogP contribution >= 0.6 is 0 Å². The van der Waals surface area contributed by atoms with E-state index in [4.69, 9.17) is 5.73 Å². The molecule has 4 N–H and O–H groups in total. The van der Waals surface area contributed by atoms with Crippen molar-refractivity contribution in [3.8, 4) is 0 Å². The molecule has 1 saturated heterocycles. The summed E-state index contributed by atoms with van der Waals surface area (Å²) in [4.78, 5) is 35.6. The minimum atomic E-state index is -5.01. The largest absolute Gasteiger partial charge is 0.471 e. The van der Waals surface area contributed by atoms with E-state index >= 15 is 0 Å². The molecule has 0 aromatic rings. The van der Waals surface area contributed by atoms with Crippen molar-refractivity contribution < 1.29 is 27.6 Å². The van der Waals surface area contributed by atoms with Gasteiger partial charge in [-0.15, -0.1) is 0 Å². The average molecular weight is 310 g/mol. The van der Waals surface area contributed by atoms with Gasteiger partial charge in [0.2, 0.25) is 11.8 Å². The number of nitrogens with zero attached hydrogens (tertiary/aromatic N) is 1. The van der Waals surface area contributed by atoms with Crippen molar-refractivity contribution in [2.45, 2.75) is 37.6 Å². The first-order chi connectivity index (χ1) is 9.57. The first kappa shape index (κ1) is 17.2. The molecule has 0 aromatic carbocycles. The number of nitrogens with two attached hydrogens (primary N) is 1. The number of alkyl halides is 3. The molecule has 7 nitrogen and oxygen atoms in total. The molecule has 1 rings (SSSR count). The van der Waals surface area contributed by atoms with E-state index in [1.165, 1.54) is 14.0 Å².